The quantitative estimate of drug-likeness (QED) is 0.851. The highest BCUT2D eigenvalue weighted by atomic mass is 14.9. The minimum absolute atomic E-state index is 0.728. The first-order chi connectivity index (χ1) is 7.74. The first-order valence-electron chi connectivity index (χ1n) is 5.31. The molecule has 1 N–H and O–H groups in total. The highest BCUT2D eigenvalue weighted by molar-refractivity contribution is 5.42. The fourth-order valence-electron chi connectivity index (χ4n) is 1.45. The lowest BCUT2D eigenvalue weighted by Gasteiger charge is -2.06. The summed E-state index contributed by atoms with van der Waals surface area (Å²) in [5.41, 5.74) is 4.40. The van der Waals surface area contributed by atoms with Crippen LogP contribution in [0.5, 0.6) is 0 Å². The topological polar surface area (TPSA) is 37.8 Å². The van der Waals surface area contributed by atoms with Crippen LogP contribution in [-0.2, 0) is 6.54 Å². The minimum Gasteiger partial charge on any atom is -0.378 e. The molecule has 0 spiro atoms. The van der Waals surface area contributed by atoms with E-state index in [0.717, 1.165) is 23.5 Å². The van der Waals surface area contributed by atoms with Crippen LogP contribution in [-0.4, -0.2) is 9.97 Å². The van der Waals surface area contributed by atoms with Crippen molar-refractivity contribution in [3.8, 4) is 0 Å². The molecular formula is C13H15N3. The average molecular weight is 213 g/mol. The monoisotopic (exact) mass is 213 g/mol. The average Bonchev–Trinajstić information content (AvgIpc) is 2.28. The third kappa shape index (κ3) is 2.79. The lowest BCUT2D eigenvalue weighted by molar-refractivity contribution is 1.03. The van der Waals surface area contributed by atoms with Gasteiger partial charge in [0.05, 0.1) is 17.9 Å². The van der Waals surface area contributed by atoms with Crippen LogP contribution in [0.3, 0.4) is 0 Å². The predicted molar refractivity (Wildman–Crippen MR) is 65.3 cm³/mol. The van der Waals surface area contributed by atoms with Crippen molar-refractivity contribution < 1.29 is 0 Å². The predicted octanol–water partition coefficient (Wildman–Crippen LogP) is 2.71. The van der Waals surface area contributed by atoms with E-state index in [1.165, 1.54) is 5.56 Å². The van der Waals surface area contributed by atoms with Crippen LogP contribution in [0.2, 0.25) is 0 Å². The molecule has 0 saturated heterocycles. The Labute approximate surface area is 95.6 Å². The zero-order valence-electron chi connectivity index (χ0n) is 9.57. The molecule has 0 saturated carbocycles. The summed E-state index contributed by atoms with van der Waals surface area (Å²) in [5, 5.41) is 3.30. The number of nitrogens with one attached hydrogen (secondary N) is 1. The van der Waals surface area contributed by atoms with Crippen LogP contribution in [0.1, 0.15) is 16.8 Å². The highest BCUT2D eigenvalue weighted by Crippen LogP contribution is 2.08. The molecule has 0 aliphatic heterocycles. The zero-order chi connectivity index (χ0) is 11.4. The number of anilines is 1. The van der Waals surface area contributed by atoms with Gasteiger partial charge in [-0.05, 0) is 37.1 Å². The van der Waals surface area contributed by atoms with Crippen molar-refractivity contribution in [2.24, 2.45) is 0 Å². The summed E-state index contributed by atoms with van der Waals surface area (Å²) in [4.78, 5) is 8.46. The van der Waals surface area contributed by atoms with Crippen LogP contribution >= 0.6 is 0 Å². The molecule has 2 heterocycles. The second-order valence-corrected chi connectivity index (χ2v) is 3.93. The Morgan fingerprint density at radius 1 is 1.06 bits per heavy atom. The number of nitrogens with zero attached hydrogens (tertiary/aromatic N) is 2. The summed E-state index contributed by atoms with van der Waals surface area (Å²) in [5.74, 6) is 0. The van der Waals surface area contributed by atoms with Crippen LogP contribution in [0.4, 0.5) is 5.69 Å². The Balaban J connectivity index is 1.99. The number of hydrogen-bond donors (Lipinski definition) is 1. The third-order valence-electron chi connectivity index (χ3n) is 2.32. The molecule has 0 unspecified atom stereocenters. The van der Waals surface area contributed by atoms with E-state index in [2.05, 4.69) is 27.4 Å². The molecule has 3 heteroatoms. The molecule has 0 bridgehead atoms. The first kappa shape index (κ1) is 10.6. The van der Waals surface area contributed by atoms with Gasteiger partial charge in [-0.25, -0.2) is 0 Å². The fraction of sp³-hybridized carbons (Fsp3) is 0.231. The molecule has 0 amide bonds. The van der Waals surface area contributed by atoms with Crippen molar-refractivity contribution in [3.05, 3.63) is 53.6 Å². The van der Waals surface area contributed by atoms with Crippen molar-refractivity contribution in [2.75, 3.05) is 5.32 Å². The number of rotatable bonds is 3. The Morgan fingerprint density at radius 2 is 1.94 bits per heavy atom. The van der Waals surface area contributed by atoms with Gasteiger partial charge in [0.2, 0.25) is 0 Å². The summed E-state index contributed by atoms with van der Waals surface area (Å²) >= 11 is 0. The molecule has 0 radical (unpaired) electrons. The van der Waals surface area contributed by atoms with Crippen LogP contribution in [0.15, 0.2) is 36.8 Å². The number of aromatic nitrogens is 2. The standard InChI is InChI=1S/C13H15N3/c1-10-3-4-12(15-7-10)9-16-13-5-11(2)6-14-8-13/h3-8,16H,9H2,1-2H3. The van der Waals surface area contributed by atoms with Gasteiger partial charge >= 0.3 is 0 Å². The number of hydrogen-bond acceptors (Lipinski definition) is 3. The molecule has 2 aromatic heterocycles. The van der Waals surface area contributed by atoms with E-state index >= 15 is 0 Å². The van der Waals surface area contributed by atoms with Gasteiger partial charge in [-0.15, -0.1) is 0 Å². The van der Waals surface area contributed by atoms with Gasteiger partial charge in [-0.1, -0.05) is 6.07 Å². The Hall–Kier alpha value is -1.90. The van der Waals surface area contributed by atoms with Gasteiger partial charge in [0.25, 0.3) is 0 Å². The Kier molecular flexibility index (Phi) is 3.15. The van der Waals surface area contributed by atoms with Gasteiger partial charge in [-0.3, -0.25) is 9.97 Å². The van der Waals surface area contributed by atoms with Crippen molar-refractivity contribution in [2.45, 2.75) is 20.4 Å². The van der Waals surface area contributed by atoms with Crippen LogP contribution < -0.4 is 5.32 Å². The van der Waals surface area contributed by atoms with Crippen molar-refractivity contribution >= 4 is 5.69 Å². The maximum atomic E-state index is 4.33. The molecular weight excluding hydrogens is 198 g/mol. The van der Waals surface area contributed by atoms with E-state index in [1.807, 2.05) is 38.5 Å². The Bertz CT molecular complexity index is 463. The summed E-state index contributed by atoms with van der Waals surface area (Å²) in [7, 11) is 0. The summed E-state index contributed by atoms with van der Waals surface area (Å²) in [6.07, 6.45) is 5.54. The number of aryl methyl sites for hydroxylation is 2. The summed E-state index contributed by atoms with van der Waals surface area (Å²) < 4.78 is 0. The summed E-state index contributed by atoms with van der Waals surface area (Å²) in [6, 6.07) is 6.17. The molecule has 82 valence electrons. The molecule has 0 fully saturated rings. The van der Waals surface area contributed by atoms with Crippen LogP contribution in [0.25, 0.3) is 0 Å². The Morgan fingerprint density at radius 3 is 2.62 bits per heavy atom. The highest BCUT2D eigenvalue weighted by Gasteiger charge is 1.95. The minimum atomic E-state index is 0.728. The zero-order valence-corrected chi connectivity index (χ0v) is 9.57. The van der Waals surface area contributed by atoms with E-state index < -0.39 is 0 Å². The van der Waals surface area contributed by atoms with Gasteiger partial charge in [-0.2, -0.15) is 0 Å². The van der Waals surface area contributed by atoms with Crippen LogP contribution in [0, 0.1) is 13.8 Å². The number of pyridine rings is 2. The molecule has 0 aromatic carbocycles. The van der Waals surface area contributed by atoms with Gasteiger partial charge in [0.15, 0.2) is 0 Å². The second kappa shape index (κ2) is 4.75. The first-order valence-corrected chi connectivity index (χ1v) is 5.31. The maximum absolute atomic E-state index is 4.33. The van der Waals surface area contributed by atoms with Gasteiger partial charge in [0, 0.05) is 18.6 Å². The SMILES string of the molecule is Cc1ccc(CNc2cncc(C)c2)nc1. The maximum Gasteiger partial charge on any atom is 0.0594 e. The molecule has 3 nitrogen and oxygen atoms in total. The van der Waals surface area contributed by atoms with Gasteiger partial charge < -0.3 is 5.32 Å². The molecule has 2 rings (SSSR count). The van der Waals surface area contributed by atoms with E-state index in [-0.39, 0.29) is 0 Å². The van der Waals surface area contributed by atoms with Crippen molar-refractivity contribution in [1.82, 2.24) is 9.97 Å². The van der Waals surface area contributed by atoms with Crippen molar-refractivity contribution in [1.29, 1.82) is 0 Å². The third-order valence-corrected chi connectivity index (χ3v) is 2.32. The molecule has 0 atom stereocenters. The molecule has 0 aliphatic carbocycles. The molecule has 0 aliphatic rings. The fourth-order valence-corrected chi connectivity index (χ4v) is 1.45. The van der Waals surface area contributed by atoms with Crippen molar-refractivity contribution in [3.63, 3.8) is 0 Å². The van der Waals surface area contributed by atoms with E-state index in [4.69, 9.17) is 0 Å². The molecule has 16 heavy (non-hydrogen) atoms. The molecule has 2 aromatic rings. The normalized spacial score (nSPS) is 10.1. The van der Waals surface area contributed by atoms with E-state index in [9.17, 15) is 0 Å². The lowest BCUT2D eigenvalue weighted by atomic mass is 10.2. The second-order valence-electron chi connectivity index (χ2n) is 3.93. The van der Waals surface area contributed by atoms with Gasteiger partial charge in [0.1, 0.15) is 0 Å². The van der Waals surface area contributed by atoms with E-state index in [1.54, 1.807) is 0 Å². The largest absolute Gasteiger partial charge is 0.378 e. The summed E-state index contributed by atoms with van der Waals surface area (Å²) in [6.45, 7) is 4.79. The smallest absolute Gasteiger partial charge is 0.0594 e. The lowest BCUT2D eigenvalue weighted by Crippen LogP contribution is -2.01. The van der Waals surface area contributed by atoms with E-state index in [0.29, 0.717) is 0 Å².